The molecular formula is C27H27NO6. The Bertz CT molecular complexity index is 1100. The first-order valence-electron chi connectivity index (χ1n) is 11.2. The van der Waals surface area contributed by atoms with E-state index in [1.54, 1.807) is 53.4 Å². The molecule has 0 saturated carbocycles. The number of piperidine rings is 1. The van der Waals surface area contributed by atoms with Crippen LogP contribution in [0.15, 0.2) is 72.8 Å². The molecule has 1 aliphatic rings. The van der Waals surface area contributed by atoms with Crippen LogP contribution >= 0.6 is 0 Å². The first-order valence-corrected chi connectivity index (χ1v) is 11.2. The van der Waals surface area contributed by atoms with E-state index in [1.165, 1.54) is 0 Å². The number of aliphatic carboxylic acids is 1. The summed E-state index contributed by atoms with van der Waals surface area (Å²) in [4.78, 5) is 25.0. The maximum absolute atomic E-state index is 12.5. The van der Waals surface area contributed by atoms with Crippen LogP contribution in [0.3, 0.4) is 0 Å². The smallest absolute Gasteiger partial charge is 0.415 e. The third kappa shape index (κ3) is 6.51. The van der Waals surface area contributed by atoms with Crippen molar-refractivity contribution < 1.29 is 28.9 Å². The van der Waals surface area contributed by atoms with Crippen LogP contribution < -0.4 is 14.2 Å². The molecule has 0 atom stereocenters. The molecule has 0 spiro atoms. The summed E-state index contributed by atoms with van der Waals surface area (Å²) in [5.41, 5.74) is 1.89. The molecule has 1 aliphatic heterocycles. The molecule has 1 amide bonds. The van der Waals surface area contributed by atoms with Crippen molar-refractivity contribution in [2.24, 2.45) is 0 Å². The zero-order valence-corrected chi connectivity index (χ0v) is 19.0. The zero-order chi connectivity index (χ0) is 23.9. The average molecular weight is 462 g/mol. The number of amides is 1. The van der Waals surface area contributed by atoms with Gasteiger partial charge in [-0.15, -0.1) is 0 Å². The molecule has 7 heteroatoms. The summed E-state index contributed by atoms with van der Waals surface area (Å²) < 4.78 is 17.3. The lowest BCUT2D eigenvalue weighted by Gasteiger charge is -2.31. The minimum atomic E-state index is -0.862. The minimum absolute atomic E-state index is 0.00687. The number of likely N-dealkylation sites (tertiary alicyclic amines) is 1. The SMILES string of the molecule is Cc1ccc(Oc2ccc(OC(=O)N3CCC(Oc4ccc(CC(=O)O)cc4)CC3)cc2)cc1. The van der Waals surface area contributed by atoms with Crippen molar-refractivity contribution in [1.29, 1.82) is 0 Å². The molecule has 3 aromatic rings. The van der Waals surface area contributed by atoms with Gasteiger partial charge in [-0.25, -0.2) is 4.79 Å². The summed E-state index contributed by atoms with van der Waals surface area (Å²) in [6.45, 7) is 3.09. The van der Waals surface area contributed by atoms with Crippen molar-refractivity contribution in [2.75, 3.05) is 13.1 Å². The van der Waals surface area contributed by atoms with Gasteiger partial charge < -0.3 is 24.2 Å². The predicted molar refractivity (Wildman–Crippen MR) is 127 cm³/mol. The molecular weight excluding hydrogens is 434 g/mol. The lowest BCUT2D eigenvalue weighted by atomic mass is 10.1. The Balaban J connectivity index is 1.22. The fourth-order valence-electron chi connectivity index (χ4n) is 3.69. The van der Waals surface area contributed by atoms with E-state index in [4.69, 9.17) is 19.3 Å². The van der Waals surface area contributed by atoms with E-state index >= 15 is 0 Å². The van der Waals surface area contributed by atoms with E-state index in [-0.39, 0.29) is 18.6 Å². The highest BCUT2D eigenvalue weighted by Gasteiger charge is 2.25. The molecule has 0 aromatic heterocycles. The second-order valence-corrected chi connectivity index (χ2v) is 8.27. The van der Waals surface area contributed by atoms with Gasteiger partial charge in [0.2, 0.25) is 0 Å². The molecule has 7 nitrogen and oxygen atoms in total. The van der Waals surface area contributed by atoms with Gasteiger partial charge in [-0.1, -0.05) is 29.8 Å². The number of benzene rings is 3. The summed E-state index contributed by atoms with van der Waals surface area (Å²) in [6.07, 6.45) is 0.977. The number of nitrogens with zero attached hydrogens (tertiary/aromatic N) is 1. The number of carboxylic acids is 1. The van der Waals surface area contributed by atoms with Crippen LogP contribution in [0.5, 0.6) is 23.0 Å². The number of hydrogen-bond donors (Lipinski definition) is 1. The highest BCUT2D eigenvalue weighted by molar-refractivity contribution is 5.71. The standard InChI is InChI=1S/C27H27NO6/c1-19-2-6-21(7-3-19)32-23-10-12-24(13-11-23)34-27(31)28-16-14-25(15-17-28)33-22-8-4-20(5-9-22)18-26(29)30/h2-13,25H,14-18H2,1H3,(H,29,30). The molecule has 1 saturated heterocycles. The Hall–Kier alpha value is -4.00. The molecule has 0 aliphatic carbocycles. The molecule has 0 unspecified atom stereocenters. The van der Waals surface area contributed by atoms with Gasteiger partial charge in [-0.05, 0) is 61.0 Å². The Kier molecular flexibility index (Phi) is 7.32. The molecule has 3 aromatic carbocycles. The lowest BCUT2D eigenvalue weighted by molar-refractivity contribution is -0.136. The van der Waals surface area contributed by atoms with Crippen LogP contribution in [-0.4, -0.2) is 41.3 Å². The quantitative estimate of drug-likeness (QED) is 0.503. The highest BCUT2D eigenvalue weighted by Crippen LogP contribution is 2.25. The van der Waals surface area contributed by atoms with Crippen LogP contribution in [0, 0.1) is 6.92 Å². The van der Waals surface area contributed by atoms with Crippen LogP contribution in [0.2, 0.25) is 0 Å². The van der Waals surface area contributed by atoms with Gasteiger partial charge in [0, 0.05) is 25.9 Å². The molecule has 4 rings (SSSR count). The van der Waals surface area contributed by atoms with Crippen LogP contribution in [0.25, 0.3) is 0 Å². The van der Waals surface area contributed by atoms with Gasteiger partial charge in [0.05, 0.1) is 6.42 Å². The highest BCUT2D eigenvalue weighted by atomic mass is 16.6. The van der Waals surface area contributed by atoms with Gasteiger partial charge in [0.15, 0.2) is 0 Å². The maximum Gasteiger partial charge on any atom is 0.415 e. The van der Waals surface area contributed by atoms with Crippen molar-refractivity contribution in [1.82, 2.24) is 4.90 Å². The molecule has 1 heterocycles. The molecule has 34 heavy (non-hydrogen) atoms. The van der Waals surface area contributed by atoms with Crippen molar-refractivity contribution >= 4 is 12.1 Å². The van der Waals surface area contributed by atoms with E-state index in [0.717, 1.165) is 16.9 Å². The number of ether oxygens (including phenoxy) is 3. The van der Waals surface area contributed by atoms with Gasteiger partial charge >= 0.3 is 12.1 Å². The van der Waals surface area contributed by atoms with Gasteiger partial charge in [-0.3, -0.25) is 4.79 Å². The third-order valence-corrected chi connectivity index (χ3v) is 5.57. The number of hydrogen-bond acceptors (Lipinski definition) is 5. The second-order valence-electron chi connectivity index (χ2n) is 8.27. The van der Waals surface area contributed by atoms with Crippen molar-refractivity contribution in [2.45, 2.75) is 32.3 Å². The molecule has 0 radical (unpaired) electrons. The number of rotatable bonds is 7. The topological polar surface area (TPSA) is 85.3 Å². The zero-order valence-electron chi connectivity index (χ0n) is 19.0. The summed E-state index contributed by atoms with van der Waals surface area (Å²) in [6, 6.07) is 21.8. The van der Waals surface area contributed by atoms with Crippen molar-refractivity contribution in [3.63, 3.8) is 0 Å². The fourth-order valence-corrected chi connectivity index (χ4v) is 3.69. The van der Waals surface area contributed by atoms with Crippen molar-refractivity contribution in [3.05, 3.63) is 83.9 Å². The van der Waals surface area contributed by atoms with Crippen molar-refractivity contribution in [3.8, 4) is 23.0 Å². The van der Waals surface area contributed by atoms with E-state index in [2.05, 4.69) is 0 Å². The van der Waals surface area contributed by atoms with Gasteiger partial charge in [0.25, 0.3) is 0 Å². The second kappa shape index (κ2) is 10.7. The normalized spacial score (nSPS) is 13.9. The maximum atomic E-state index is 12.5. The van der Waals surface area contributed by atoms with E-state index in [1.807, 2.05) is 31.2 Å². The first kappa shape index (κ1) is 23.2. The molecule has 176 valence electrons. The molecule has 1 fully saturated rings. The van der Waals surface area contributed by atoms with E-state index < -0.39 is 5.97 Å². The number of carboxylic acid groups (broad SMARTS) is 1. The van der Waals surface area contributed by atoms with Gasteiger partial charge in [0.1, 0.15) is 29.1 Å². The molecule has 0 bridgehead atoms. The minimum Gasteiger partial charge on any atom is -0.490 e. The Labute approximate surface area is 198 Å². The molecule has 1 N–H and O–H groups in total. The summed E-state index contributed by atoms with van der Waals surface area (Å²) in [5, 5.41) is 8.85. The fraction of sp³-hybridized carbons (Fsp3) is 0.259. The predicted octanol–water partition coefficient (Wildman–Crippen LogP) is 5.46. The average Bonchev–Trinajstić information content (AvgIpc) is 2.83. The van der Waals surface area contributed by atoms with E-state index in [0.29, 0.717) is 43.2 Å². The van der Waals surface area contributed by atoms with Gasteiger partial charge in [-0.2, -0.15) is 0 Å². The number of aryl methyl sites for hydroxylation is 1. The van der Waals surface area contributed by atoms with Crippen LogP contribution in [0.1, 0.15) is 24.0 Å². The first-order chi connectivity index (χ1) is 16.4. The lowest BCUT2D eigenvalue weighted by Crippen LogP contribution is -2.43. The number of carbonyl (C=O) groups excluding carboxylic acids is 1. The Morgan fingerprint density at radius 1 is 0.824 bits per heavy atom. The Morgan fingerprint density at radius 2 is 1.35 bits per heavy atom. The largest absolute Gasteiger partial charge is 0.490 e. The van der Waals surface area contributed by atoms with E-state index in [9.17, 15) is 9.59 Å². The number of carbonyl (C=O) groups is 2. The summed E-state index contributed by atoms with van der Waals surface area (Å²) >= 11 is 0. The Morgan fingerprint density at radius 3 is 1.94 bits per heavy atom. The monoisotopic (exact) mass is 461 g/mol. The van der Waals surface area contributed by atoms with Crippen LogP contribution in [0.4, 0.5) is 4.79 Å². The third-order valence-electron chi connectivity index (χ3n) is 5.57. The summed E-state index contributed by atoms with van der Waals surface area (Å²) in [7, 11) is 0. The van der Waals surface area contributed by atoms with Crippen LogP contribution in [-0.2, 0) is 11.2 Å². The summed E-state index contributed by atoms with van der Waals surface area (Å²) in [5.74, 6) is 1.71.